The quantitative estimate of drug-likeness (QED) is 0.683. The monoisotopic (exact) mass is 277 g/mol. The molecule has 0 radical (unpaired) electrons. The van der Waals surface area contributed by atoms with Gasteiger partial charge < -0.3 is 5.73 Å². The largest absolute Gasteiger partial charge is 0.399 e. The lowest BCUT2D eigenvalue weighted by molar-refractivity contribution is 0.0950. The number of carbonyl (C=O) groups is 1. The minimum Gasteiger partial charge on any atom is -0.399 e. The Balaban J connectivity index is 1.99. The molecule has 0 aliphatic heterocycles. The highest BCUT2D eigenvalue weighted by Crippen LogP contribution is 2.51. The number of ketones is 1. The Morgan fingerprint density at radius 3 is 2.39 bits per heavy atom. The van der Waals surface area contributed by atoms with Gasteiger partial charge in [0.2, 0.25) is 0 Å². The van der Waals surface area contributed by atoms with Crippen LogP contribution in [0.1, 0.15) is 28.1 Å². The first-order valence-corrected chi connectivity index (χ1v) is 7.03. The van der Waals surface area contributed by atoms with Gasteiger partial charge in [0, 0.05) is 5.69 Å². The summed E-state index contributed by atoms with van der Waals surface area (Å²) < 4.78 is 0. The van der Waals surface area contributed by atoms with Crippen LogP contribution in [-0.4, -0.2) is 5.78 Å². The summed E-state index contributed by atoms with van der Waals surface area (Å²) in [4.78, 5) is 13.3. The number of rotatable bonds is 3. The molecular weight excluding hydrogens is 266 g/mol. The third-order valence-corrected chi connectivity index (χ3v) is 4.81. The van der Waals surface area contributed by atoms with Crippen LogP contribution >= 0.6 is 22.9 Å². The smallest absolute Gasteiger partial charge is 0.184 e. The molecule has 0 spiro atoms. The minimum atomic E-state index is -0.359. The summed E-state index contributed by atoms with van der Waals surface area (Å²) in [6.45, 7) is 0. The fourth-order valence-corrected chi connectivity index (χ4v) is 3.43. The molecule has 1 saturated carbocycles. The first kappa shape index (κ1) is 11.8. The van der Waals surface area contributed by atoms with Crippen LogP contribution in [0.2, 0.25) is 5.02 Å². The molecule has 2 N–H and O–H groups in total. The fourth-order valence-electron chi connectivity index (χ4n) is 2.25. The molecule has 1 aliphatic rings. The number of carbonyl (C=O) groups excluding carboxylic acids is 1. The van der Waals surface area contributed by atoms with Gasteiger partial charge in [-0.3, -0.25) is 4.79 Å². The normalized spacial score (nSPS) is 16.5. The number of hydrogen-bond acceptors (Lipinski definition) is 3. The van der Waals surface area contributed by atoms with Crippen molar-refractivity contribution in [1.82, 2.24) is 0 Å². The van der Waals surface area contributed by atoms with Gasteiger partial charge in [0.1, 0.15) is 0 Å². The maximum atomic E-state index is 12.6. The number of anilines is 1. The van der Waals surface area contributed by atoms with Crippen molar-refractivity contribution in [3.05, 3.63) is 51.2 Å². The Hall–Kier alpha value is -1.32. The van der Waals surface area contributed by atoms with Crippen molar-refractivity contribution in [2.45, 2.75) is 18.3 Å². The van der Waals surface area contributed by atoms with E-state index in [1.807, 2.05) is 29.6 Å². The number of benzene rings is 1. The molecule has 1 heterocycles. The van der Waals surface area contributed by atoms with E-state index in [1.54, 1.807) is 6.07 Å². The third-order valence-electron chi connectivity index (χ3n) is 3.47. The van der Waals surface area contributed by atoms with Gasteiger partial charge in [-0.1, -0.05) is 23.7 Å². The standard InChI is InChI=1S/C14H12ClNOS/c15-11-5-8-18-12(11)13(17)14(6-7-14)9-1-3-10(16)4-2-9/h1-5,8H,6-7,16H2. The Morgan fingerprint density at radius 1 is 1.22 bits per heavy atom. The summed E-state index contributed by atoms with van der Waals surface area (Å²) in [7, 11) is 0. The number of hydrogen-bond donors (Lipinski definition) is 1. The molecule has 4 heteroatoms. The Morgan fingerprint density at radius 2 is 1.89 bits per heavy atom. The number of halogens is 1. The van der Waals surface area contributed by atoms with Crippen LogP contribution in [0.5, 0.6) is 0 Å². The molecule has 1 aromatic heterocycles. The molecule has 1 fully saturated rings. The first-order valence-electron chi connectivity index (χ1n) is 5.77. The summed E-state index contributed by atoms with van der Waals surface area (Å²) in [6.07, 6.45) is 1.79. The lowest BCUT2D eigenvalue weighted by Crippen LogP contribution is -2.19. The molecule has 3 rings (SSSR count). The number of nitrogen functional groups attached to an aromatic ring is 1. The van der Waals surface area contributed by atoms with Gasteiger partial charge in [-0.05, 0) is 42.0 Å². The summed E-state index contributed by atoms with van der Waals surface area (Å²) >= 11 is 7.47. The molecule has 92 valence electrons. The van der Waals surface area contributed by atoms with E-state index in [0.29, 0.717) is 9.90 Å². The predicted molar refractivity (Wildman–Crippen MR) is 75.4 cm³/mol. The van der Waals surface area contributed by atoms with Crippen molar-refractivity contribution < 1.29 is 4.79 Å². The molecule has 18 heavy (non-hydrogen) atoms. The lowest BCUT2D eigenvalue weighted by atomic mass is 9.90. The van der Waals surface area contributed by atoms with Gasteiger partial charge in [0.25, 0.3) is 0 Å². The second-order valence-corrected chi connectivity index (χ2v) is 5.95. The van der Waals surface area contributed by atoms with Gasteiger partial charge in [-0.15, -0.1) is 11.3 Å². The van der Waals surface area contributed by atoms with Crippen LogP contribution in [0, 0.1) is 0 Å². The summed E-state index contributed by atoms with van der Waals surface area (Å²) in [5, 5.41) is 2.42. The van der Waals surface area contributed by atoms with Crippen LogP contribution in [0.25, 0.3) is 0 Å². The van der Waals surface area contributed by atoms with Crippen molar-refractivity contribution in [2.24, 2.45) is 0 Å². The molecule has 1 aromatic carbocycles. The Kier molecular flexibility index (Phi) is 2.68. The van der Waals surface area contributed by atoms with Crippen LogP contribution in [0.15, 0.2) is 35.7 Å². The molecule has 2 nitrogen and oxygen atoms in total. The maximum Gasteiger partial charge on any atom is 0.184 e. The molecule has 2 aromatic rings. The highest BCUT2D eigenvalue weighted by molar-refractivity contribution is 7.12. The molecule has 0 bridgehead atoms. The molecule has 0 saturated heterocycles. The van der Waals surface area contributed by atoms with E-state index in [9.17, 15) is 4.79 Å². The second-order valence-electron chi connectivity index (χ2n) is 4.63. The van der Waals surface area contributed by atoms with Gasteiger partial charge in [0.15, 0.2) is 5.78 Å². The minimum absolute atomic E-state index is 0.146. The number of Topliss-reactive ketones (excluding diaryl/α,β-unsaturated/α-hetero) is 1. The van der Waals surface area contributed by atoms with E-state index < -0.39 is 0 Å². The van der Waals surface area contributed by atoms with E-state index in [-0.39, 0.29) is 11.2 Å². The van der Waals surface area contributed by atoms with Crippen molar-refractivity contribution in [3.8, 4) is 0 Å². The maximum absolute atomic E-state index is 12.6. The van der Waals surface area contributed by atoms with Gasteiger partial charge in [0.05, 0.1) is 15.3 Å². The van der Waals surface area contributed by atoms with Gasteiger partial charge >= 0.3 is 0 Å². The SMILES string of the molecule is Nc1ccc(C2(C(=O)c3sccc3Cl)CC2)cc1. The van der Waals surface area contributed by atoms with E-state index in [1.165, 1.54) is 11.3 Å². The van der Waals surface area contributed by atoms with Crippen LogP contribution < -0.4 is 5.73 Å². The van der Waals surface area contributed by atoms with E-state index in [0.717, 1.165) is 24.1 Å². The third kappa shape index (κ3) is 1.74. The summed E-state index contributed by atoms with van der Waals surface area (Å²) in [5.41, 5.74) is 7.09. The summed E-state index contributed by atoms with van der Waals surface area (Å²) in [6, 6.07) is 9.36. The average Bonchev–Trinajstić information content (AvgIpc) is 3.07. The average molecular weight is 278 g/mol. The number of nitrogens with two attached hydrogens (primary N) is 1. The highest BCUT2D eigenvalue weighted by atomic mass is 35.5. The second kappa shape index (κ2) is 4.11. The Labute approximate surface area is 114 Å². The van der Waals surface area contributed by atoms with Gasteiger partial charge in [-0.2, -0.15) is 0 Å². The van der Waals surface area contributed by atoms with E-state index >= 15 is 0 Å². The van der Waals surface area contributed by atoms with E-state index in [4.69, 9.17) is 17.3 Å². The van der Waals surface area contributed by atoms with Gasteiger partial charge in [-0.25, -0.2) is 0 Å². The number of thiophene rings is 1. The van der Waals surface area contributed by atoms with Crippen molar-refractivity contribution in [2.75, 3.05) is 5.73 Å². The van der Waals surface area contributed by atoms with Crippen LogP contribution in [0.3, 0.4) is 0 Å². The summed E-state index contributed by atoms with van der Waals surface area (Å²) in [5.74, 6) is 0.146. The van der Waals surface area contributed by atoms with Crippen molar-refractivity contribution >= 4 is 34.4 Å². The molecule has 0 atom stereocenters. The van der Waals surface area contributed by atoms with Crippen LogP contribution in [0.4, 0.5) is 5.69 Å². The zero-order valence-electron chi connectivity index (χ0n) is 9.65. The fraction of sp³-hybridized carbons (Fsp3) is 0.214. The predicted octanol–water partition coefficient (Wildman–Crippen LogP) is 3.90. The molecular formula is C14H12ClNOS. The van der Waals surface area contributed by atoms with Crippen LogP contribution in [-0.2, 0) is 5.41 Å². The highest BCUT2D eigenvalue weighted by Gasteiger charge is 2.51. The molecule has 1 aliphatic carbocycles. The molecule has 0 unspecified atom stereocenters. The Bertz CT molecular complexity index is 599. The van der Waals surface area contributed by atoms with Crippen molar-refractivity contribution in [3.63, 3.8) is 0 Å². The zero-order valence-corrected chi connectivity index (χ0v) is 11.2. The first-order chi connectivity index (χ1) is 8.63. The topological polar surface area (TPSA) is 43.1 Å². The van der Waals surface area contributed by atoms with E-state index in [2.05, 4.69) is 0 Å². The molecule has 0 amide bonds. The van der Waals surface area contributed by atoms with Crippen molar-refractivity contribution in [1.29, 1.82) is 0 Å². The zero-order chi connectivity index (χ0) is 12.8. The lowest BCUT2D eigenvalue weighted by Gasteiger charge is -2.14.